The lowest BCUT2D eigenvalue weighted by atomic mass is 10.1. The minimum absolute atomic E-state index is 0.183. The second-order valence-corrected chi connectivity index (χ2v) is 6.30. The fourth-order valence-corrected chi connectivity index (χ4v) is 3.80. The van der Waals surface area contributed by atoms with Crippen molar-refractivity contribution in [3.8, 4) is 12.3 Å². The fourth-order valence-electron chi connectivity index (χ4n) is 3.08. The lowest BCUT2D eigenvalue weighted by Gasteiger charge is -2.27. The van der Waals surface area contributed by atoms with Gasteiger partial charge in [0.05, 0.1) is 11.5 Å². The first-order valence-corrected chi connectivity index (χ1v) is 8.04. The average molecular weight is 312 g/mol. The topological polar surface area (TPSA) is 46.4 Å². The first kappa shape index (κ1) is 14.8. The Bertz CT molecular complexity index is 732. The van der Waals surface area contributed by atoms with Crippen LogP contribution in [0, 0.1) is 22.5 Å². The third kappa shape index (κ3) is 2.89. The van der Waals surface area contributed by atoms with Crippen molar-refractivity contribution < 1.29 is 4.92 Å². The van der Waals surface area contributed by atoms with Crippen LogP contribution in [0.4, 0.5) is 5.00 Å². The second kappa shape index (κ2) is 6.30. The molecule has 0 amide bonds. The fraction of sp³-hybridized carbons (Fsp3) is 0.294. The number of aryl methyl sites for hydroxylation is 1. The molecule has 0 saturated carbocycles. The van der Waals surface area contributed by atoms with Crippen molar-refractivity contribution in [2.75, 3.05) is 6.54 Å². The SMILES string of the molecule is C#CCN(Cc1csc([N+](=O)[O-])c1)C1CCc2ccccc21. The Kier molecular flexibility index (Phi) is 4.23. The standard InChI is InChI=1S/C17H16N2O2S/c1-2-9-18(11-13-10-17(19(20)21)22-12-13)16-8-7-14-5-3-4-6-15(14)16/h1,3-6,10,12,16H,7-9,11H2. The van der Waals surface area contributed by atoms with Gasteiger partial charge in [-0.1, -0.05) is 41.5 Å². The van der Waals surface area contributed by atoms with Crippen LogP contribution >= 0.6 is 11.3 Å². The Balaban J connectivity index is 1.81. The van der Waals surface area contributed by atoms with E-state index in [-0.39, 0.29) is 9.92 Å². The summed E-state index contributed by atoms with van der Waals surface area (Å²) in [7, 11) is 0. The summed E-state index contributed by atoms with van der Waals surface area (Å²) in [6.07, 6.45) is 7.64. The van der Waals surface area contributed by atoms with Gasteiger partial charge in [-0.05, 0) is 29.5 Å². The lowest BCUT2D eigenvalue weighted by molar-refractivity contribution is -0.380. The molecule has 5 heteroatoms. The molecule has 1 atom stereocenters. The van der Waals surface area contributed by atoms with Gasteiger partial charge in [0.25, 0.3) is 0 Å². The highest BCUT2D eigenvalue weighted by molar-refractivity contribution is 7.13. The summed E-state index contributed by atoms with van der Waals surface area (Å²) in [4.78, 5) is 12.7. The van der Waals surface area contributed by atoms with Gasteiger partial charge in [0.1, 0.15) is 0 Å². The highest BCUT2D eigenvalue weighted by Gasteiger charge is 2.27. The highest BCUT2D eigenvalue weighted by Crippen LogP contribution is 2.36. The van der Waals surface area contributed by atoms with E-state index in [1.807, 2.05) is 5.38 Å². The van der Waals surface area contributed by atoms with Gasteiger partial charge >= 0.3 is 5.00 Å². The lowest BCUT2D eigenvalue weighted by Crippen LogP contribution is -2.27. The van der Waals surface area contributed by atoms with Crippen molar-refractivity contribution >= 4 is 16.3 Å². The molecule has 1 aliphatic rings. The van der Waals surface area contributed by atoms with E-state index in [4.69, 9.17) is 6.42 Å². The van der Waals surface area contributed by atoms with Crippen LogP contribution in [-0.2, 0) is 13.0 Å². The number of rotatable bonds is 5. The number of terminal acetylenes is 1. The molecule has 4 nitrogen and oxygen atoms in total. The van der Waals surface area contributed by atoms with Crippen molar-refractivity contribution in [1.82, 2.24) is 4.90 Å². The highest BCUT2D eigenvalue weighted by atomic mass is 32.1. The van der Waals surface area contributed by atoms with Crippen LogP contribution in [0.25, 0.3) is 0 Å². The van der Waals surface area contributed by atoms with Crippen LogP contribution in [0.3, 0.4) is 0 Å². The van der Waals surface area contributed by atoms with Crippen molar-refractivity contribution in [3.63, 3.8) is 0 Å². The third-order valence-corrected chi connectivity index (χ3v) is 4.97. The first-order chi connectivity index (χ1) is 10.7. The van der Waals surface area contributed by atoms with E-state index < -0.39 is 0 Å². The zero-order chi connectivity index (χ0) is 15.5. The minimum atomic E-state index is -0.343. The van der Waals surface area contributed by atoms with Crippen molar-refractivity contribution in [1.29, 1.82) is 0 Å². The van der Waals surface area contributed by atoms with Crippen molar-refractivity contribution in [2.24, 2.45) is 0 Å². The maximum Gasteiger partial charge on any atom is 0.324 e. The van der Waals surface area contributed by atoms with Gasteiger partial charge < -0.3 is 0 Å². The van der Waals surface area contributed by atoms with Crippen LogP contribution in [0.2, 0.25) is 0 Å². The smallest absolute Gasteiger partial charge is 0.281 e. The molecule has 1 aromatic heterocycles. The monoisotopic (exact) mass is 312 g/mol. The van der Waals surface area contributed by atoms with Gasteiger partial charge in [-0.3, -0.25) is 15.0 Å². The summed E-state index contributed by atoms with van der Waals surface area (Å²) in [5, 5.41) is 12.8. The first-order valence-electron chi connectivity index (χ1n) is 7.16. The van der Waals surface area contributed by atoms with E-state index in [0.717, 1.165) is 18.4 Å². The third-order valence-electron chi connectivity index (χ3n) is 4.04. The molecule has 1 aromatic carbocycles. The molecule has 1 heterocycles. The zero-order valence-corrected chi connectivity index (χ0v) is 12.9. The van der Waals surface area contributed by atoms with E-state index >= 15 is 0 Å². The van der Waals surface area contributed by atoms with E-state index in [1.54, 1.807) is 6.07 Å². The molecule has 112 valence electrons. The summed E-state index contributed by atoms with van der Waals surface area (Å²) in [6, 6.07) is 10.4. The van der Waals surface area contributed by atoms with Gasteiger partial charge in [0.2, 0.25) is 0 Å². The molecular weight excluding hydrogens is 296 g/mol. The molecule has 3 rings (SSSR count). The predicted molar refractivity (Wildman–Crippen MR) is 87.7 cm³/mol. The van der Waals surface area contributed by atoms with Crippen LogP contribution in [0.5, 0.6) is 0 Å². The minimum Gasteiger partial charge on any atom is -0.281 e. The molecule has 1 aliphatic carbocycles. The number of nitrogens with zero attached hydrogens (tertiary/aromatic N) is 2. The average Bonchev–Trinajstić information content (AvgIpc) is 3.13. The Labute approximate surface area is 133 Å². The van der Waals surface area contributed by atoms with E-state index in [1.165, 1.54) is 22.5 Å². The molecule has 0 radical (unpaired) electrons. The molecule has 0 aliphatic heterocycles. The molecule has 1 unspecified atom stereocenters. The largest absolute Gasteiger partial charge is 0.324 e. The molecule has 0 fully saturated rings. The van der Waals surface area contributed by atoms with Gasteiger partial charge in [0, 0.05) is 24.0 Å². The molecule has 0 N–H and O–H groups in total. The number of benzene rings is 1. The Morgan fingerprint density at radius 2 is 2.27 bits per heavy atom. The van der Waals surface area contributed by atoms with Gasteiger partial charge in [0.15, 0.2) is 0 Å². The summed E-state index contributed by atoms with van der Waals surface area (Å²) < 4.78 is 0. The molecule has 0 saturated heterocycles. The molecule has 22 heavy (non-hydrogen) atoms. The normalized spacial score (nSPS) is 16.5. The predicted octanol–water partition coefficient (Wildman–Crippen LogP) is 3.78. The maximum atomic E-state index is 10.8. The van der Waals surface area contributed by atoms with Gasteiger partial charge in [-0.25, -0.2) is 0 Å². The molecular formula is C17H16N2O2S. The zero-order valence-electron chi connectivity index (χ0n) is 12.1. The number of hydrogen-bond donors (Lipinski definition) is 0. The number of thiophene rings is 1. The second-order valence-electron chi connectivity index (χ2n) is 5.41. The van der Waals surface area contributed by atoms with E-state index in [9.17, 15) is 10.1 Å². The van der Waals surface area contributed by atoms with Crippen LogP contribution < -0.4 is 0 Å². The number of hydrogen-bond acceptors (Lipinski definition) is 4. The molecule has 0 spiro atoms. The summed E-state index contributed by atoms with van der Waals surface area (Å²) >= 11 is 1.17. The Hall–Kier alpha value is -2.16. The van der Waals surface area contributed by atoms with Crippen molar-refractivity contribution in [3.05, 3.63) is 62.5 Å². The van der Waals surface area contributed by atoms with Gasteiger partial charge in [-0.15, -0.1) is 6.42 Å². The Morgan fingerprint density at radius 1 is 1.45 bits per heavy atom. The quantitative estimate of drug-likeness (QED) is 0.479. The van der Waals surface area contributed by atoms with Crippen LogP contribution in [0.15, 0.2) is 35.7 Å². The summed E-state index contributed by atoms with van der Waals surface area (Å²) in [6.45, 7) is 1.19. The summed E-state index contributed by atoms with van der Waals surface area (Å²) in [5.41, 5.74) is 3.67. The number of fused-ring (bicyclic) bond motifs is 1. The van der Waals surface area contributed by atoms with E-state index in [0.29, 0.717) is 19.1 Å². The molecule has 2 aromatic rings. The van der Waals surface area contributed by atoms with E-state index in [2.05, 4.69) is 35.1 Å². The summed E-state index contributed by atoms with van der Waals surface area (Å²) in [5.74, 6) is 2.72. The van der Waals surface area contributed by atoms with Crippen LogP contribution in [-0.4, -0.2) is 16.4 Å². The number of nitro groups is 1. The Morgan fingerprint density at radius 3 is 3.00 bits per heavy atom. The molecule has 0 bridgehead atoms. The maximum absolute atomic E-state index is 10.8. The van der Waals surface area contributed by atoms with Crippen LogP contribution in [0.1, 0.15) is 29.2 Å². The van der Waals surface area contributed by atoms with Crippen molar-refractivity contribution in [2.45, 2.75) is 25.4 Å². The van der Waals surface area contributed by atoms with Gasteiger partial charge in [-0.2, -0.15) is 0 Å².